The van der Waals surface area contributed by atoms with Crippen molar-refractivity contribution in [2.45, 2.75) is 6.42 Å². The van der Waals surface area contributed by atoms with Crippen LogP contribution in [-0.2, 0) is 4.79 Å². The molecule has 0 aliphatic heterocycles. The van der Waals surface area contributed by atoms with Gasteiger partial charge in [0.05, 0.1) is 17.4 Å². The number of para-hydroxylation sites is 1. The first-order valence-electron chi connectivity index (χ1n) is 7.32. The van der Waals surface area contributed by atoms with E-state index in [2.05, 4.69) is 0 Å². The number of benzene rings is 2. The van der Waals surface area contributed by atoms with Gasteiger partial charge in [-0.05, 0) is 18.2 Å². The first-order chi connectivity index (χ1) is 12.0. The average Bonchev–Trinajstić information content (AvgIpc) is 2.61. The van der Waals surface area contributed by atoms with Crippen LogP contribution in [0.25, 0.3) is 0 Å². The molecule has 0 spiro atoms. The topological polar surface area (TPSA) is 96.5 Å². The lowest BCUT2D eigenvalue weighted by Crippen LogP contribution is -2.35. The van der Waals surface area contributed by atoms with Gasteiger partial charge in [0, 0.05) is 24.4 Å². The second-order valence-electron chi connectivity index (χ2n) is 4.95. The molecule has 0 fully saturated rings. The Morgan fingerprint density at radius 2 is 2.00 bits per heavy atom. The number of rotatable bonds is 7. The molecule has 0 aliphatic rings. The quantitative estimate of drug-likeness (QED) is 0.568. The second-order valence-corrected chi connectivity index (χ2v) is 4.95. The van der Waals surface area contributed by atoms with Crippen LogP contribution in [0.15, 0.2) is 48.5 Å². The zero-order valence-corrected chi connectivity index (χ0v) is 13.1. The van der Waals surface area contributed by atoms with Gasteiger partial charge in [-0.1, -0.05) is 18.2 Å². The van der Waals surface area contributed by atoms with Gasteiger partial charge in [0.25, 0.3) is 5.91 Å². The van der Waals surface area contributed by atoms with Crippen molar-refractivity contribution in [1.82, 2.24) is 0 Å². The van der Waals surface area contributed by atoms with Gasteiger partial charge in [-0.15, -0.1) is 0 Å². The molecule has 128 valence electrons. The molecule has 2 rings (SSSR count). The molecule has 0 heterocycles. The number of carbonyl (C=O) groups is 1. The molecule has 0 bridgehead atoms. The monoisotopic (exact) mass is 343 g/mol. The van der Waals surface area contributed by atoms with E-state index in [0.717, 1.165) is 18.2 Å². The summed E-state index contributed by atoms with van der Waals surface area (Å²) in [5, 5.41) is 19.7. The van der Waals surface area contributed by atoms with E-state index in [0.29, 0.717) is 5.69 Å². The number of nitrogens with zero attached hydrogens (tertiary/aromatic N) is 3. The lowest BCUT2D eigenvalue weighted by Gasteiger charge is -2.21. The van der Waals surface area contributed by atoms with E-state index in [1.165, 1.54) is 4.90 Å². The fourth-order valence-corrected chi connectivity index (χ4v) is 2.14. The summed E-state index contributed by atoms with van der Waals surface area (Å²) >= 11 is 0. The standard InChI is InChI=1S/C17H14FN3O4/c18-13-7-8-15(21(23)24)16(11-13)25-12-17(22)20(10-4-9-19)14-5-2-1-3-6-14/h1-3,5-8,11H,4,10,12H2. The van der Waals surface area contributed by atoms with E-state index in [4.69, 9.17) is 10.00 Å². The molecule has 1 amide bonds. The van der Waals surface area contributed by atoms with Crippen LogP contribution in [0.5, 0.6) is 5.75 Å². The Balaban J connectivity index is 2.15. The number of nitriles is 1. The SMILES string of the molecule is N#CCCN(C(=O)COc1cc(F)ccc1[N+](=O)[O-])c1ccccc1. The molecule has 25 heavy (non-hydrogen) atoms. The molecule has 0 unspecified atom stereocenters. The summed E-state index contributed by atoms with van der Waals surface area (Å²) in [5.74, 6) is -1.54. The Morgan fingerprint density at radius 1 is 1.28 bits per heavy atom. The largest absolute Gasteiger partial charge is 0.477 e. The number of nitro groups is 1. The Hall–Kier alpha value is -3.47. The maximum Gasteiger partial charge on any atom is 0.311 e. The van der Waals surface area contributed by atoms with Crippen LogP contribution < -0.4 is 9.64 Å². The highest BCUT2D eigenvalue weighted by Crippen LogP contribution is 2.27. The highest BCUT2D eigenvalue weighted by molar-refractivity contribution is 5.94. The first kappa shape index (κ1) is 17.9. The van der Waals surface area contributed by atoms with Gasteiger partial charge in [0.2, 0.25) is 5.75 Å². The van der Waals surface area contributed by atoms with E-state index < -0.39 is 28.9 Å². The van der Waals surface area contributed by atoms with Crippen LogP contribution in [0.3, 0.4) is 0 Å². The molecule has 0 aliphatic carbocycles. The van der Waals surface area contributed by atoms with Crippen LogP contribution >= 0.6 is 0 Å². The maximum absolute atomic E-state index is 13.3. The van der Waals surface area contributed by atoms with Crippen LogP contribution in [0.1, 0.15) is 6.42 Å². The van der Waals surface area contributed by atoms with E-state index in [9.17, 15) is 19.3 Å². The molecular weight excluding hydrogens is 329 g/mol. The first-order valence-corrected chi connectivity index (χ1v) is 7.32. The smallest absolute Gasteiger partial charge is 0.311 e. The number of nitro benzene ring substituents is 1. The number of anilines is 1. The van der Waals surface area contributed by atoms with Crippen molar-refractivity contribution in [2.24, 2.45) is 0 Å². The van der Waals surface area contributed by atoms with Crippen molar-refractivity contribution in [1.29, 1.82) is 5.26 Å². The molecule has 0 saturated carbocycles. The Labute approximate surface area is 143 Å². The fourth-order valence-electron chi connectivity index (χ4n) is 2.14. The number of halogens is 1. The molecular formula is C17H14FN3O4. The predicted octanol–water partition coefficient (Wildman–Crippen LogP) is 3.06. The zero-order chi connectivity index (χ0) is 18.2. The van der Waals surface area contributed by atoms with Crippen LogP contribution in [-0.4, -0.2) is 24.0 Å². The summed E-state index contributed by atoms with van der Waals surface area (Å²) in [5.41, 5.74) is 0.137. The van der Waals surface area contributed by atoms with Gasteiger partial charge in [0.15, 0.2) is 6.61 Å². The minimum atomic E-state index is -0.718. The van der Waals surface area contributed by atoms with E-state index in [1.54, 1.807) is 30.3 Å². The molecule has 0 aromatic heterocycles. The predicted molar refractivity (Wildman–Crippen MR) is 87.6 cm³/mol. The Kier molecular flexibility index (Phi) is 6.01. The van der Waals surface area contributed by atoms with Crippen molar-refractivity contribution in [3.05, 3.63) is 64.5 Å². The highest BCUT2D eigenvalue weighted by Gasteiger charge is 2.20. The van der Waals surface area contributed by atoms with E-state index in [-0.39, 0.29) is 18.7 Å². The third-order valence-corrected chi connectivity index (χ3v) is 3.29. The number of amides is 1. The van der Waals surface area contributed by atoms with Crippen molar-refractivity contribution in [2.75, 3.05) is 18.1 Å². The lowest BCUT2D eigenvalue weighted by molar-refractivity contribution is -0.385. The molecule has 0 atom stereocenters. The van der Waals surface area contributed by atoms with Crippen molar-refractivity contribution < 1.29 is 18.8 Å². The minimum absolute atomic E-state index is 0.112. The second kappa shape index (κ2) is 8.40. The number of carbonyl (C=O) groups excluding carboxylic acids is 1. The third kappa shape index (κ3) is 4.75. The number of ether oxygens (including phenoxy) is 1. The van der Waals surface area contributed by atoms with E-state index >= 15 is 0 Å². The molecule has 0 N–H and O–H groups in total. The van der Waals surface area contributed by atoms with Gasteiger partial charge in [-0.3, -0.25) is 14.9 Å². The normalized spacial score (nSPS) is 9.92. The van der Waals surface area contributed by atoms with Gasteiger partial charge in [0.1, 0.15) is 5.82 Å². The van der Waals surface area contributed by atoms with Crippen LogP contribution in [0.2, 0.25) is 0 Å². The summed E-state index contributed by atoms with van der Waals surface area (Å²) in [6, 6.07) is 13.4. The van der Waals surface area contributed by atoms with Gasteiger partial charge in [-0.2, -0.15) is 5.26 Å². The van der Waals surface area contributed by atoms with E-state index in [1.807, 2.05) is 6.07 Å². The number of hydrogen-bond acceptors (Lipinski definition) is 5. The van der Waals surface area contributed by atoms with Crippen molar-refractivity contribution in [3.8, 4) is 11.8 Å². The van der Waals surface area contributed by atoms with Gasteiger partial charge < -0.3 is 9.64 Å². The van der Waals surface area contributed by atoms with Gasteiger partial charge >= 0.3 is 5.69 Å². The molecule has 7 nitrogen and oxygen atoms in total. The van der Waals surface area contributed by atoms with Crippen LogP contribution in [0, 0.1) is 27.3 Å². The fraction of sp³-hybridized carbons (Fsp3) is 0.176. The summed E-state index contributed by atoms with van der Waals surface area (Å²) in [4.78, 5) is 24.0. The average molecular weight is 343 g/mol. The minimum Gasteiger partial charge on any atom is -0.477 e. The number of hydrogen-bond donors (Lipinski definition) is 0. The Bertz CT molecular complexity index is 805. The molecule has 2 aromatic carbocycles. The summed E-state index contributed by atoms with van der Waals surface area (Å²) in [6.07, 6.45) is 0.112. The maximum atomic E-state index is 13.3. The van der Waals surface area contributed by atoms with Crippen molar-refractivity contribution >= 4 is 17.3 Å². The molecule has 8 heteroatoms. The van der Waals surface area contributed by atoms with Gasteiger partial charge in [-0.25, -0.2) is 4.39 Å². The summed E-state index contributed by atoms with van der Waals surface area (Å²) < 4.78 is 18.5. The summed E-state index contributed by atoms with van der Waals surface area (Å²) in [6.45, 7) is -0.376. The third-order valence-electron chi connectivity index (χ3n) is 3.29. The van der Waals surface area contributed by atoms with Crippen LogP contribution in [0.4, 0.5) is 15.8 Å². The highest BCUT2D eigenvalue weighted by atomic mass is 19.1. The molecule has 0 saturated heterocycles. The molecule has 0 radical (unpaired) electrons. The zero-order valence-electron chi connectivity index (χ0n) is 13.1. The van der Waals surface area contributed by atoms with Crippen molar-refractivity contribution in [3.63, 3.8) is 0 Å². The lowest BCUT2D eigenvalue weighted by atomic mass is 10.2. The summed E-state index contributed by atoms with van der Waals surface area (Å²) in [7, 11) is 0. The Morgan fingerprint density at radius 3 is 2.64 bits per heavy atom. The molecule has 2 aromatic rings.